The van der Waals surface area contributed by atoms with Crippen LogP contribution in [0.1, 0.15) is 18.3 Å². The van der Waals surface area contributed by atoms with Crippen LogP contribution >= 0.6 is 11.6 Å². The maximum Gasteiger partial charge on any atom is 0.136 e. The highest BCUT2D eigenvalue weighted by Gasteiger charge is 2.12. The fourth-order valence-corrected chi connectivity index (χ4v) is 1.69. The summed E-state index contributed by atoms with van der Waals surface area (Å²) >= 11 is 5.96. The van der Waals surface area contributed by atoms with E-state index in [0.717, 1.165) is 5.52 Å². The van der Waals surface area contributed by atoms with Crippen molar-refractivity contribution < 1.29 is 5.11 Å². The van der Waals surface area contributed by atoms with Crippen molar-refractivity contribution in [3.63, 3.8) is 0 Å². The fourth-order valence-electron chi connectivity index (χ4n) is 1.47. The van der Waals surface area contributed by atoms with Crippen LogP contribution in [-0.4, -0.2) is 21.6 Å². The molecular formula is C10H12ClN3O. The minimum Gasteiger partial charge on any atom is -0.385 e. The fraction of sp³-hybridized carbons (Fsp3) is 0.300. The molecule has 4 nitrogen and oxygen atoms in total. The van der Waals surface area contributed by atoms with Gasteiger partial charge < -0.3 is 15.8 Å². The molecule has 0 aliphatic rings. The van der Waals surface area contributed by atoms with Gasteiger partial charge in [0.15, 0.2) is 0 Å². The molecule has 1 heterocycles. The molecule has 1 aromatic heterocycles. The maximum absolute atomic E-state index is 9.70. The summed E-state index contributed by atoms with van der Waals surface area (Å²) in [7, 11) is 0. The van der Waals surface area contributed by atoms with Crippen molar-refractivity contribution in [3.8, 4) is 0 Å². The van der Waals surface area contributed by atoms with E-state index in [2.05, 4.69) is 9.97 Å². The second-order valence-corrected chi connectivity index (χ2v) is 3.76. The van der Waals surface area contributed by atoms with Crippen molar-refractivity contribution in [3.05, 3.63) is 29.0 Å². The molecule has 80 valence electrons. The number of imidazole rings is 1. The molecule has 1 atom stereocenters. The van der Waals surface area contributed by atoms with Gasteiger partial charge >= 0.3 is 0 Å². The number of nitrogens with zero attached hydrogens (tertiary/aromatic N) is 1. The van der Waals surface area contributed by atoms with Gasteiger partial charge in [-0.1, -0.05) is 17.7 Å². The van der Waals surface area contributed by atoms with Crippen LogP contribution in [0.3, 0.4) is 0 Å². The zero-order chi connectivity index (χ0) is 10.8. The molecule has 1 unspecified atom stereocenters. The molecule has 2 rings (SSSR count). The average Bonchev–Trinajstić information content (AvgIpc) is 2.63. The topological polar surface area (TPSA) is 74.9 Å². The predicted octanol–water partition coefficient (Wildman–Crippen LogP) is 1.60. The first-order valence-electron chi connectivity index (χ1n) is 4.74. The number of nitrogens with one attached hydrogen (secondary N) is 1. The maximum atomic E-state index is 9.70. The van der Waals surface area contributed by atoms with Crippen molar-refractivity contribution in [2.45, 2.75) is 12.5 Å². The monoisotopic (exact) mass is 225 g/mol. The van der Waals surface area contributed by atoms with Gasteiger partial charge in [0.05, 0.1) is 10.5 Å². The molecule has 0 fully saturated rings. The van der Waals surface area contributed by atoms with E-state index in [4.69, 9.17) is 17.3 Å². The van der Waals surface area contributed by atoms with Crippen LogP contribution in [0.5, 0.6) is 0 Å². The van der Waals surface area contributed by atoms with Gasteiger partial charge in [-0.05, 0) is 25.1 Å². The van der Waals surface area contributed by atoms with E-state index in [-0.39, 0.29) is 0 Å². The molecule has 0 radical (unpaired) electrons. The first-order valence-corrected chi connectivity index (χ1v) is 5.12. The summed E-state index contributed by atoms with van der Waals surface area (Å²) in [5.41, 5.74) is 6.88. The Balaban J connectivity index is 2.43. The number of halogens is 1. The number of aliphatic hydroxyl groups excluding tert-OH is 1. The highest BCUT2D eigenvalue weighted by molar-refractivity contribution is 6.34. The number of nitrogens with two attached hydrogens (primary N) is 1. The number of rotatable bonds is 3. The molecule has 4 N–H and O–H groups in total. The Bertz CT molecular complexity index is 469. The molecule has 0 aliphatic carbocycles. The Morgan fingerprint density at radius 3 is 3.00 bits per heavy atom. The standard InChI is InChI=1S/C10H12ClN3O/c11-6-2-1-3-7-9(6)14-10(13-7)8(15)4-5-12/h1-3,8,15H,4-5,12H2,(H,13,14). The van der Waals surface area contributed by atoms with Gasteiger partial charge in [0.1, 0.15) is 17.4 Å². The highest BCUT2D eigenvalue weighted by atomic mass is 35.5. The number of H-pyrrole nitrogens is 1. The third-order valence-electron chi connectivity index (χ3n) is 2.24. The van der Waals surface area contributed by atoms with E-state index in [1.54, 1.807) is 6.07 Å². The number of aromatic amines is 1. The van der Waals surface area contributed by atoms with Crippen molar-refractivity contribution in [2.75, 3.05) is 6.54 Å². The molecule has 0 saturated heterocycles. The van der Waals surface area contributed by atoms with Crippen molar-refractivity contribution in [2.24, 2.45) is 5.73 Å². The van der Waals surface area contributed by atoms with E-state index in [1.165, 1.54) is 0 Å². The third kappa shape index (κ3) is 1.97. The Labute approximate surface area is 92.1 Å². The van der Waals surface area contributed by atoms with Gasteiger partial charge in [-0.2, -0.15) is 0 Å². The largest absolute Gasteiger partial charge is 0.385 e. The van der Waals surface area contributed by atoms with Gasteiger partial charge in [-0.25, -0.2) is 4.98 Å². The average molecular weight is 226 g/mol. The Morgan fingerprint density at radius 1 is 1.53 bits per heavy atom. The molecule has 2 aromatic rings. The molecule has 15 heavy (non-hydrogen) atoms. The van der Waals surface area contributed by atoms with Gasteiger partial charge in [0.2, 0.25) is 0 Å². The van der Waals surface area contributed by atoms with Gasteiger partial charge in [0.25, 0.3) is 0 Å². The van der Waals surface area contributed by atoms with Crippen molar-refractivity contribution >= 4 is 22.6 Å². The number of benzene rings is 1. The number of hydrogen-bond donors (Lipinski definition) is 3. The summed E-state index contributed by atoms with van der Waals surface area (Å²) in [5.74, 6) is 0.517. The number of hydrogen-bond acceptors (Lipinski definition) is 3. The summed E-state index contributed by atoms with van der Waals surface area (Å²) in [6.45, 7) is 0.423. The SMILES string of the molecule is NCCC(O)c1nc2c(Cl)cccc2[nH]1. The molecular weight excluding hydrogens is 214 g/mol. The molecule has 0 bridgehead atoms. The number of aliphatic hydroxyl groups is 1. The van der Waals surface area contributed by atoms with Crippen LogP contribution in [0.2, 0.25) is 5.02 Å². The lowest BCUT2D eigenvalue weighted by Gasteiger charge is -2.03. The smallest absolute Gasteiger partial charge is 0.136 e. The van der Waals surface area contributed by atoms with Crippen molar-refractivity contribution in [1.82, 2.24) is 9.97 Å². The van der Waals surface area contributed by atoms with E-state index >= 15 is 0 Å². The van der Waals surface area contributed by atoms with Crippen LogP contribution in [0.25, 0.3) is 11.0 Å². The molecule has 5 heteroatoms. The zero-order valence-electron chi connectivity index (χ0n) is 8.07. The van der Waals surface area contributed by atoms with Crippen LogP contribution in [0.15, 0.2) is 18.2 Å². The molecule has 0 spiro atoms. The van der Waals surface area contributed by atoms with Crippen LogP contribution in [-0.2, 0) is 0 Å². The molecule has 0 saturated carbocycles. The predicted molar refractivity (Wildman–Crippen MR) is 59.7 cm³/mol. The summed E-state index contributed by atoms with van der Waals surface area (Å²) < 4.78 is 0. The lowest BCUT2D eigenvalue weighted by Crippen LogP contribution is -2.07. The van der Waals surface area contributed by atoms with E-state index < -0.39 is 6.10 Å². The second-order valence-electron chi connectivity index (χ2n) is 3.35. The quantitative estimate of drug-likeness (QED) is 0.743. The lowest BCUT2D eigenvalue weighted by atomic mass is 10.2. The lowest BCUT2D eigenvalue weighted by molar-refractivity contribution is 0.162. The summed E-state index contributed by atoms with van der Waals surface area (Å²) in [6, 6.07) is 5.47. The Hall–Kier alpha value is -1.10. The van der Waals surface area contributed by atoms with E-state index in [1.807, 2.05) is 12.1 Å². The number of aromatic nitrogens is 2. The summed E-state index contributed by atoms with van der Waals surface area (Å²) in [6.07, 6.45) is -0.171. The second kappa shape index (κ2) is 4.18. The van der Waals surface area contributed by atoms with Crippen LogP contribution < -0.4 is 5.73 Å². The third-order valence-corrected chi connectivity index (χ3v) is 2.54. The molecule has 1 aromatic carbocycles. The normalized spacial score (nSPS) is 13.3. The minimum atomic E-state index is -0.654. The Kier molecular flexibility index (Phi) is 2.90. The van der Waals surface area contributed by atoms with E-state index in [0.29, 0.717) is 29.3 Å². The van der Waals surface area contributed by atoms with Crippen LogP contribution in [0.4, 0.5) is 0 Å². The minimum absolute atomic E-state index is 0.423. The number of para-hydroxylation sites is 1. The summed E-state index contributed by atoms with van der Waals surface area (Å²) in [4.78, 5) is 7.26. The zero-order valence-corrected chi connectivity index (χ0v) is 8.83. The highest BCUT2D eigenvalue weighted by Crippen LogP contribution is 2.23. The van der Waals surface area contributed by atoms with Gasteiger partial charge in [0, 0.05) is 0 Å². The molecule has 0 aliphatic heterocycles. The first-order chi connectivity index (χ1) is 7.22. The van der Waals surface area contributed by atoms with E-state index in [9.17, 15) is 5.11 Å². The van der Waals surface area contributed by atoms with Gasteiger partial charge in [-0.3, -0.25) is 0 Å². The summed E-state index contributed by atoms with van der Waals surface area (Å²) in [5, 5.41) is 10.3. The Morgan fingerprint density at radius 2 is 2.33 bits per heavy atom. The first kappa shape index (κ1) is 10.4. The van der Waals surface area contributed by atoms with Crippen LogP contribution in [0, 0.1) is 0 Å². The van der Waals surface area contributed by atoms with Gasteiger partial charge in [-0.15, -0.1) is 0 Å². The van der Waals surface area contributed by atoms with Crippen molar-refractivity contribution in [1.29, 1.82) is 0 Å². The number of fused-ring (bicyclic) bond motifs is 1. The molecule has 0 amide bonds.